The summed E-state index contributed by atoms with van der Waals surface area (Å²) in [4.78, 5) is 4.31. The number of fused-ring (bicyclic) bond motifs is 1. The lowest BCUT2D eigenvalue weighted by Gasteiger charge is -2.01. The third kappa shape index (κ3) is 2.15. The molecule has 2 aromatic heterocycles. The summed E-state index contributed by atoms with van der Waals surface area (Å²) in [6.07, 6.45) is 1.84. The van der Waals surface area contributed by atoms with Crippen LogP contribution < -0.4 is 5.32 Å². The summed E-state index contributed by atoms with van der Waals surface area (Å²) in [6, 6.07) is 12.0. The van der Waals surface area contributed by atoms with E-state index in [0.29, 0.717) is 12.5 Å². The highest BCUT2D eigenvalue weighted by atomic mass is 19.1. The summed E-state index contributed by atoms with van der Waals surface area (Å²) in [5, 5.41) is 7.37. The maximum absolute atomic E-state index is 12.7. The van der Waals surface area contributed by atoms with Crippen molar-refractivity contribution in [3.63, 3.8) is 0 Å². The molecule has 5 heteroatoms. The van der Waals surface area contributed by atoms with E-state index in [9.17, 15) is 4.39 Å². The molecular weight excluding hydrogens is 231 g/mol. The lowest BCUT2D eigenvalue weighted by atomic mass is 10.2. The Bertz CT molecular complexity index is 627. The number of rotatable bonds is 3. The van der Waals surface area contributed by atoms with E-state index >= 15 is 0 Å². The van der Waals surface area contributed by atoms with Gasteiger partial charge in [-0.2, -0.15) is 4.98 Å². The van der Waals surface area contributed by atoms with Crippen LogP contribution >= 0.6 is 0 Å². The highest BCUT2D eigenvalue weighted by Crippen LogP contribution is 2.07. The molecule has 90 valence electrons. The number of halogens is 1. The molecule has 0 spiro atoms. The molecule has 0 atom stereocenters. The zero-order valence-corrected chi connectivity index (χ0v) is 9.55. The average molecular weight is 242 g/mol. The molecule has 0 aliphatic heterocycles. The Hall–Kier alpha value is -2.43. The SMILES string of the molecule is Fc1ccc(CNc2nc3ccccn3n2)cc1. The molecule has 0 aliphatic carbocycles. The number of aromatic nitrogens is 3. The monoisotopic (exact) mass is 242 g/mol. The second-order valence-corrected chi connectivity index (χ2v) is 3.92. The van der Waals surface area contributed by atoms with Crippen molar-refractivity contribution in [2.24, 2.45) is 0 Å². The van der Waals surface area contributed by atoms with E-state index in [1.54, 1.807) is 16.6 Å². The van der Waals surface area contributed by atoms with Gasteiger partial charge in [-0.1, -0.05) is 18.2 Å². The van der Waals surface area contributed by atoms with Crippen LogP contribution in [0.3, 0.4) is 0 Å². The molecule has 0 saturated heterocycles. The van der Waals surface area contributed by atoms with E-state index in [4.69, 9.17) is 0 Å². The zero-order valence-electron chi connectivity index (χ0n) is 9.55. The normalized spacial score (nSPS) is 10.7. The van der Waals surface area contributed by atoms with Gasteiger partial charge >= 0.3 is 0 Å². The summed E-state index contributed by atoms with van der Waals surface area (Å²) in [5.74, 6) is 0.329. The van der Waals surface area contributed by atoms with Crippen molar-refractivity contribution in [2.75, 3.05) is 5.32 Å². The average Bonchev–Trinajstić information content (AvgIpc) is 2.81. The smallest absolute Gasteiger partial charge is 0.243 e. The fourth-order valence-electron chi connectivity index (χ4n) is 1.69. The highest BCUT2D eigenvalue weighted by Gasteiger charge is 2.01. The van der Waals surface area contributed by atoms with Crippen LogP contribution in [0.1, 0.15) is 5.56 Å². The number of hydrogen-bond donors (Lipinski definition) is 1. The van der Waals surface area contributed by atoms with Crippen LogP contribution in [-0.4, -0.2) is 14.6 Å². The van der Waals surface area contributed by atoms with Crippen LogP contribution in [0.2, 0.25) is 0 Å². The summed E-state index contributed by atoms with van der Waals surface area (Å²) in [6.45, 7) is 0.567. The van der Waals surface area contributed by atoms with Gasteiger partial charge in [0.15, 0.2) is 5.65 Å². The maximum atomic E-state index is 12.7. The van der Waals surface area contributed by atoms with E-state index in [1.165, 1.54) is 12.1 Å². The molecule has 1 aromatic carbocycles. The molecule has 0 saturated carbocycles. The summed E-state index contributed by atoms with van der Waals surface area (Å²) in [7, 11) is 0. The van der Waals surface area contributed by atoms with Gasteiger partial charge in [-0.25, -0.2) is 8.91 Å². The number of nitrogens with zero attached hydrogens (tertiary/aromatic N) is 3. The van der Waals surface area contributed by atoms with E-state index in [0.717, 1.165) is 11.2 Å². The fraction of sp³-hybridized carbons (Fsp3) is 0.0769. The van der Waals surface area contributed by atoms with Crippen molar-refractivity contribution in [2.45, 2.75) is 6.54 Å². The molecule has 0 aliphatic rings. The van der Waals surface area contributed by atoms with Gasteiger partial charge in [0.2, 0.25) is 5.95 Å². The number of nitrogens with one attached hydrogen (secondary N) is 1. The summed E-state index contributed by atoms with van der Waals surface area (Å²) < 4.78 is 14.4. The molecule has 4 nitrogen and oxygen atoms in total. The first-order chi connectivity index (χ1) is 8.81. The summed E-state index contributed by atoms with van der Waals surface area (Å²) in [5.41, 5.74) is 1.77. The lowest BCUT2D eigenvalue weighted by molar-refractivity contribution is 0.627. The van der Waals surface area contributed by atoms with Gasteiger partial charge in [-0.15, -0.1) is 5.10 Å². The summed E-state index contributed by atoms with van der Waals surface area (Å²) >= 11 is 0. The largest absolute Gasteiger partial charge is 0.349 e. The van der Waals surface area contributed by atoms with Crippen molar-refractivity contribution in [1.29, 1.82) is 0 Å². The van der Waals surface area contributed by atoms with Crippen LogP contribution in [0.4, 0.5) is 10.3 Å². The van der Waals surface area contributed by atoms with Gasteiger partial charge in [0.25, 0.3) is 0 Å². The topological polar surface area (TPSA) is 42.2 Å². The molecule has 3 rings (SSSR count). The Morgan fingerprint density at radius 1 is 1.11 bits per heavy atom. The molecule has 0 amide bonds. The van der Waals surface area contributed by atoms with Crippen LogP contribution in [0.15, 0.2) is 48.7 Å². The standard InChI is InChI=1S/C13H11FN4/c14-11-6-4-10(5-7-11)9-15-13-16-12-3-1-2-8-18(12)17-13/h1-8H,9H2,(H,15,17). The van der Waals surface area contributed by atoms with Gasteiger partial charge in [0.05, 0.1) is 0 Å². The minimum Gasteiger partial charge on any atom is -0.349 e. The quantitative estimate of drug-likeness (QED) is 0.767. The molecule has 1 N–H and O–H groups in total. The van der Waals surface area contributed by atoms with Gasteiger partial charge in [0.1, 0.15) is 5.82 Å². The Morgan fingerprint density at radius 2 is 1.94 bits per heavy atom. The molecular formula is C13H11FN4. The molecule has 0 fully saturated rings. The van der Waals surface area contributed by atoms with Crippen LogP contribution in [0.25, 0.3) is 5.65 Å². The third-order valence-corrected chi connectivity index (χ3v) is 2.61. The first-order valence-corrected chi connectivity index (χ1v) is 5.61. The van der Waals surface area contributed by atoms with Gasteiger partial charge < -0.3 is 5.32 Å². The first kappa shape index (κ1) is 10.7. The fourth-order valence-corrected chi connectivity index (χ4v) is 1.69. The van der Waals surface area contributed by atoms with E-state index < -0.39 is 0 Å². The number of pyridine rings is 1. The minimum absolute atomic E-state index is 0.232. The van der Waals surface area contributed by atoms with Gasteiger partial charge in [0, 0.05) is 12.7 Å². The van der Waals surface area contributed by atoms with E-state index in [-0.39, 0.29) is 5.82 Å². The van der Waals surface area contributed by atoms with Crippen molar-refractivity contribution in [3.05, 3.63) is 60.0 Å². The Balaban J connectivity index is 1.74. The predicted molar refractivity (Wildman–Crippen MR) is 66.7 cm³/mol. The van der Waals surface area contributed by atoms with Crippen molar-refractivity contribution >= 4 is 11.6 Å². The molecule has 18 heavy (non-hydrogen) atoms. The molecule has 0 unspecified atom stereocenters. The second-order valence-electron chi connectivity index (χ2n) is 3.92. The minimum atomic E-state index is -0.232. The molecule has 2 heterocycles. The third-order valence-electron chi connectivity index (χ3n) is 2.61. The maximum Gasteiger partial charge on any atom is 0.243 e. The lowest BCUT2D eigenvalue weighted by Crippen LogP contribution is -2.01. The van der Waals surface area contributed by atoms with Crippen molar-refractivity contribution in [1.82, 2.24) is 14.6 Å². The van der Waals surface area contributed by atoms with Gasteiger partial charge in [-0.3, -0.25) is 0 Å². The molecule has 0 radical (unpaired) electrons. The Labute approximate surface area is 103 Å². The molecule has 0 bridgehead atoms. The van der Waals surface area contributed by atoms with E-state index in [1.807, 2.05) is 24.4 Å². The number of hydrogen-bond acceptors (Lipinski definition) is 3. The first-order valence-electron chi connectivity index (χ1n) is 5.61. The Kier molecular flexibility index (Phi) is 2.64. The second kappa shape index (κ2) is 4.44. The van der Waals surface area contributed by atoms with Crippen LogP contribution in [0.5, 0.6) is 0 Å². The Morgan fingerprint density at radius 3 is 2.72 bits per heavy atom. The van der Waals surface area contributed by atoms with E-state index in [2.05, 4.69) is 15.4 Å². The molecule has 3 aromatic rings. The highest BCUT2D eigenvalue weighted by molar-refractivity contribution is 5.43. The number of anilines is 1. The van der Waals surface area contributed by atoms with Crippen molar-refractivity contribution in [3.8, 4) is 0 Å². The van der Waals surface area contributed by atoms with Crippen molar-refractivity contribution < 1.29 is 4.39 Å². The zero-order chi connectivity index (χ0) is 12.4. The van der Waals surface area contributed by atoms with Crippen LogP contribution in [-0.2, 0) is 6.54 Å². The van der Waals surface area contributed by atoms with Crippen LogP contribution in [0, 0.1) is 5.82 Å². The van der Waals surface area contributed by atoms with Gasteiger partial charge in [-0.05, 0) is 29.8 Å². The predicted octanol–water partition coefficient (Wildman–Crippen LogP) is 2.48. The number of benzene rings is 1.